The second-order valence-electron chi connectivity index (χ2n) is 8.00. The molecule has 3 aromatic carbocycles. The molecule has 3 rings (SSSR count). The van der Waals surface area contributed by atoms with Crippen LogP contribution in [0.25, 0.3) is 0 Å². The first-order chi connectivity index (χ1) is 18.7. The largest absolute Gasteiger partial charge is 2.00 e. The van der Waals surface area contributed by atoms with Crippen LogP contribution in [-0.4, -0.2) is 80.6 Å². The van der Waals surface area contributed by atoms with Gasteiger partial charge in [-0.25, -0.2) is 14.4 Å². The van der Waals surface area contributed by atoms with E-state index in [1.54, 1.807) is 0 Å². The molecule has 0 aromatic heterocycles. The summed E-state index contributed by atoms with van der Waals surface area (Å²) in [6.07, 6.45) is 2.40. The van der Waals surface area contributed by atoms with Crippen LogP contribution in [0.15, 0.2) is 72.8 Å². The minimum atomic E-state index is -0.373. The molecule has 210 valence electrons. The number of benzene rings is 3. The molecule has 0 heterocycles. The maximum atomic E-state index is 11.2. The number of carbonyl (C=O) groups excluding carboxylic acids is 3. The maximum absolute atomic E-state index is 11.2. The zero-order chi connectivity index (χ0) is 29.0. The van der Waals surface area contributed by atoms with Gasteiger partial charge >= 0.3 is 55.6 Å². The number of rotatable bonds is 9. The number of hydrogen-bond acceptors (Lipinski definition) is 9. The van der Waals surface area contributed by atoms with Crippen molar-refractivity contribution in [3.05, 3.63) is 89.5 Å². The van der Waals surface area contributed by atoms with Crippen LogP contribution in [0.1, 0.15) is 71.1 Å². The predicted octanol–water partition coefficient (Wildman–Crippen LogP) is 4.23. The van der Waals surface area contributed by atoms with Gasteiger partial charge in [-0.2, -0.15) is 0 Å². The molecule has 0 atom stereocenters. The Kier molecular flexibility index (Phi) is 19.8. The molecule has 3 aromatic rings. The van der Waals surface area contributed by atoms with Gasteiger partial charge in [-0.05, 0) is 67.8 Å². The van der Waals surface area contributed by atoms with Crippen molar-refractivity contribution >= 4 is 55.6 Å². The van der Waals surface area contributed by atoms with Gasteiger partial charge in [-0.3, -0.25) is 0 Å². The Bertz CT molecular complexity index is 983. The van der Waals surface area contributed by atoms with Gasteiger partial charge in [0.1, 0.15) is 5.75 Å². The van der Waals surface area contributed by atoms with E-state index >= 15 is 0 Å². The second kappa shape index (κ2) is 21.5. The summed E-state index contributed by atoms with van der Waals surface area (Å²) in [7, 11) is 0. The summed E-state index contributed by atoms with van der Waals surface area (Å²) in [4.78, 5) is 33.6. The van der Waals surface area contributed by atoms with Crippen molar-refractivity contribution in [1.82, 2.24) is 0 Å². The fourth-order valence-electron chi connectivity index (χ4n) is 2.61. The van der Waals surface area contributed by atoms with Crippen LogP contribution >= 0.6 is 0 Å². The Morgan fingerprint density at radius 1 is 0.550 bits per heavy atom. The molecular weight excluding hydrogens is 544 g/mol. The Morgan fingerprint density at radius 3 is 1.05 bits per heavy atom. The summed E-state index contributed by atoms with van der Waals surface area (Å²) >= 11 is 0. The van der Waals surface area contributed by atoms with Gasteiger partial charge in [0.2, 0.25) is 0 Å². The molecule has 0 aliphatic carbocycles. The van der Waals surface area contributed by atoms with E-state index in [1.165, 1.54) is 72.8 Å². The van der Waals surface area contributed by atoms with Crippen molar-refractivity contribution in [3.63, 3.8) is 0 Å². The first kappa shape index (κ1) is 36.7. The van der Waals surface area contributed by atoms with Crippen LogP contribution in [-0.2, 0) is 14.2 Å². The van der Waals surface area contributed by atoms with E-state index in [0.29, 0.717) is 36.5 Å². The fraction of sp³-hybridized carbons (Fsp3) is 0.300. The molecule has 0 unspecified atom stereocenters. The standard InChI is InChI=1S/3C10H12O3.Ca/c3*1-2-7-13-10(12)8-3-5-9(11)6-4-8;/h3*3-6,11H,2,7H2,1H3;/q;;;+2/p-2. The Hall–Kier alpha value is -3.27. The summed E-state index contributed by atoms with van der Waals surface area (Å²) < 4.78 is 14.6. The number of ether oxygens (including phenoxy) is 3. The summed E-state index contributed by atoms with van der Waals surface area (Å²) in [6, 6.07) is 17.3. The van der Waals surface area contributed by atoms with Gasteiger partial charge in [0.05, 0.1) is 36.5 Å². The zero-order valence-electron chi connectivity index (χ0n) is 23.1. The predicted molar refractivity (Wildman–Crippen MR) is 147 cm³/mol. The molecule has 9 nitrogen and oxygen atoms in total. The normalized spacial score (nSPS) is 9.38. The molecule has 0 spiro atoms. The topological polar surface area (TPSA) is 145 Å². The van der Waals surface area contributed by atoms with Crippen LogP contribution in [0.2, 0.25) is 0 Å². The van der Waals surface area contributed by atoms with Crippen molar-refractivity contribution in [3.8, 4) is 17.2 Å². The summed E-state index contributed by atoms with van der Waals surface area (Å²) in [5.41, 5.74) is 1.31. The number of aromatic hydroxyl groups is 1. The van der Waals surface area contributed by atoms with Gasteiger partial charge in [0.25, 0.3) is 0 Å². The van der Waals surface area contributed by atoms with Crippen molar-refractivity contribution in [1.29, 1.82) is 0 Å². The van der Waals surface area contributed by atoms with Crippen molar-refractivity contribution in [2.45, 2.75) is 40.0 Å². The molecular formula is C30H34CaO9. The van der Waals surface area contributed by atoms with Crippen LogP contribution in [0.5, 0.6) is 17.2 Å². The van der Waals surface area contributed by atoms with E-state index in [1.807, 2.05) is 20.8 Å². The van der Waals surface area contributed by atoms with Crippen LogP contribution < -0.4 is 10.2 Å². The monoisotopic (exact) mass is 578 g/mol. The summed E-state index contributed by atoms with van der Waals surface area (Å²) in [6.45, 7) is 7.04. The molecule has 0 radical (unpaired) electrons. The Labute approximate surface area is 264 Å². The average Bonchev–Trinajstić information content (AvgIpc) is 2.95. The molecule has 1 N–H and O–H groups in total. The fourth-order valence-corrected chi connectivity index (χ4v) is 2.61. The van der Waals surface area contributed by atoms with Gasteiger partial charge < -0.3 is 29.5 Å². The number of carbonyl (C=O) groups is 3. The molecule has 0 saturated carbocycles. The summed E-state index contributed by atoms with van der Waals surface area (Å²) in [5, 5.41) is 30.4. The Balaban J connectivity index is 0.000000563. The Morgan fingerprint density at radius 2 is 0.800 bits per heavy atom. The number of phenols is 1. The van der Waals surface area contributed by atoms with E-state index in [4.69, 9.17) is 19.3 Å². The molecule has 0 saturated heterocycles. The number of hydrogen-bond donors (Lipinski definition) is 1. The van der Waals surface area contributed by atoms with E-state index in [0.717, 1.165) is 19.3 Å². The van der Waals surface area contributed by atoms with E-state index in [9.17, 15) is 24.6 Å². The van der Waals surface area contributed by atoms with Crippen LogP contribution in [0.3, 0.4) is 0 Å². The molecule has 0 bridgehead atoms. The molecule has 0 amide bonds. The van der Waals surface area contributed by atoms with Crippen LogP contribution in [0.4, 0.5) is 0 Å². The van der Waals surface area contributed by atoms with Crippen LogP contribution in [0, 0.1) is 0 Å². The third-order valence-corrected chi connectivity index (χ3v) is 4.59. The number of esters is 3. The number of phenolic OH excluding ortho intramolecular Hbond substituents is 1. The second-order valence-corrected chi connectivity index (χ2v) is 8.00. The van der Waals surface area contributed by atoms with E-state index < -0.39 is 0 Å². The minimum absolute atomic E-state index is 0. The van der Waals surface area contributed by atoms with Gasteiger partial charge in [0, 0.05) is 0 Å². The van der Waals surface area contributed by atoms with E-state index in [-0.39, 0.29) is 72.9 Å². The quantitative estimate of drug-likeness (QED) is 0.224. The first-order valence-electron chi connectivity index (χ1n) is 12.6. The van der Waals surface area contributed by atoms with Crippen molar-refractivity contribution < 1.29 is 43.9 Å². The van der Waals surface area contributed by atoms with Gasteiger partial charge in [-0.15, -0.1) is 11.5 Å². The third-order valence-electron chi connectivity index (χ3n) is 4.59. The first-order valence-corrected chi connectivity index (χ1v) is 12.6. The molecule has 40 heavy (non-hydrogen) atoms. The molecule has 0 aliphatic heterocycles. The summed E-state index contributed by atoms with van der Waals surface area (Å²) in [5.74, 6) is -1.16. The molecule has 0 fully saturated rings. The molecule has 0 aliphatic rings. The average molecular weight is 579 g/mol. The smallest absolute Gasteiger partial charge is 0.872 e. The van der Waals surface area contributed by atoms with Crippen molar-refractivity contribution in [2.24, 2.45) is 0 Å². The minimum Gasteiger partial charge on any atom is -0.872 e. The van der Waals surface area contributed by atoms with E-state index in [2.05, 4.69) is 0 Å². The molecule has 10 heteroatoms. The maximum Gasteiger partial charge on any atom is 2.00 e. The van der Waals surface area contributed by atoms with Gasteiger partial charge in [-0.1, -0.05) is 45.0 Å². The zero-order valence-corrected chi connectivity index (χ0v) is 25.3. The SMILES string of the molecule is CCCOC(=O)c1ccc(O)cc1.CCCOC(=O)c1ccc([O-])cc1.CCCOC(=O)c1ccc([O-])cc1.[Ca+2]. The third kappa shape index (κ3) is 15.4. The van der Waals surface area contributed by atoms with Crippen molar-refractivity contribution in [2.75, 3.05) is 19.8 Å². The van der Waals surface area contributed by atoms with Gasteiger partial charge in [0.15, 0.2) is 0 Å².